The fourth-order valence-electron chi connectivity index (χ4n) is 1.17. The standard InChI is InChI=1S/C10H10F2INO2/c1-3-16-10(15)6-4-14-8(9(11)12)5(2)7(6)13/h4,9H,3H2,1-2H3. The predicted octanol–water partition coefficient (Wildman–Crippen LogP) is 3.11. The number of halogens is 3. The summed E-state index contributed by atoms with van der Waals surface area (Å²) in [5.41, 5.74) is 0.253. The topological polar surface area (TPSA) is 39.2 Å². The van der Waals surface area contributed by atoms with Crippen molar-refractivity contribution in [3.63, 3.8) is 0 Å². The minimum atomic E-state index is -2.63. The van der Waals surface area contributed by atoms with Crippen LogP contribution in [0.5, 0.6) is 0 Å². The molecule has 0 saturated carbocycles. The Labute approximate surface area is 105 Å². The highest BCUT2D eigenvalue weighted by molar-refractivity contribution is 14.1. The molecule has 88 valence electrons. The van der Waals surface area contributed by atoms with Crippen molar-refractivity contribution >= 4 is 28.6 Å². The lowest BCUT2D eigenvalue weighted by atomic mass is 10.1. The number of esters is 1. The van der Waals surface area contributed by atoms with Gasteiger partial charge in [-0.3, -0.25) is 4.98 Å². The molecule has 0 aliphatic carbocycles. The lowest BCUT2D eigenvalue weighted by molar-refractivity contribution is 0.0523. The van der Waals surface area contributed by atoms with Gasteiger partial charge in [-0.15, -0.1) is 0 Å². The summed E-state index contributed by atoms with van der Waals surface area (Å²) in [7, 11) is 0. The fourth-order valence-corrected chi connectivity index (χ4v) is 1.81. The van der Waals surface area contributed by atoms with E-state index in [1.807, 2.05) is 22.6 Å². The van der Waals surface area contributed by atoms with Crippen molar-refractivity contribution in [1.29, 1.82) is 0 Å². The minimum Gasteiger partial charge on any atom is -0.462 e. The maximum absolute atomic E-state index is 12.5. The van der Waals surface area contributed by atoms with Gasteiger partial charge in [-0.1, -0.05) is 0 Å². The second-order valence-electron chi connectivity index (χ2n) is 3.02. The number of carbonyl (C=O) groups is 1. The molecule has 1 heterocycles. The predicted molar refractivity (Wildman–Crippen MR) is 62.6 cm³/mol. The number of nitrogens with zero attached hydrogens (tertiary/aromatic N) is 1. The van der Waals surface area contributed by atoms with Crippen LogP contribution in [0.15, 0.2) is 6.20 Å². The number of hydrogen-bond acceptors (Lipinski definition) is 3. The summed E-state index contributed by atoms with van der Waals surface area (Å²) in [5, 5.41) is 0. The van der Waals surface area contributed by atoms with Crippen LogP contribution in [0.4, 0.5) is 8.78 Å². The second kappa shape index (κ2) is 5.51. The molecule has 0 aliphatic rings. The number of carbonyl (C=O) groups excluding carboxylic acids is 1. The maximum Gasteiger partial charge on any atom is 0.340 e. The molecule has 1 aromatic rings. The van der Waals surface area contributed by atoms with Crippen LogP contribution >= 0.6 is 22.6 Å². The van der Waals surface area contributed by atoms with E-state index in [9.17, 15) is 13.6 Å². The molecule has 0 amide bonds. The average molecular weight is 341 g/mol. The van der Waals surface area contributed by atoms with Gasteiger partial charge in [-0.2, -0.15) is 0 Å². The van der Waals surface area contributed by atoms with Crippen LogP contribution in [-0.4, -0.2) is 17.6 Å². The van der Waals surface area contributed by atoms with Crippen molar-refractivity contribution in [3.05, 3.63) is 26.6 Å². The summed E-state index contributed by atoms with van der Waals surface area (Å²) in [6.45, 7) is 3.43. The molecule has 0 atom stereocenters. The minimum absolute atomic E-state index is 0.226. The highest BCUT2D eigenvalue weighted by Crippen LogP contribution is 2.26. The first-order valence-corrected chi connectivity index (χ1v) is 5.67. The lowest BCUT2D eigenvalue weighted by Crippen LogP contribution is -2.10. The summed E-state index contributed by atoms with van der Waals surface area (Å²) in [5.74, 6) is -0.539. The number of aromatic nitrogens is 1. The van der Waals surface area contributed by atoms with Gasteiger partial charge in [0.15, 0.2) is 0 Å². The molecule has 0 aliphatic heterocycles. The Kier molecular flexibility index (Phi) is 4.57. The Morgan fingerprint density at radius 2 is 2.25 bits per heavy atom. The normalized spacial score (nSPS) is 10.6. The molecule has 6 heteroatoms. The van der Waals surface area contributed by atoms with Crippen molar-refractivity contribution < 1.29 is 18.3 Å². The van der Waals surface area contributed by atoms with Crippen LogP contribution in [0.3, 0.4) is 0 Å². The van der Waals surface area contributed by atoms with Crippen molar-refractivity contribution in [2.24, 2.45) is 0 Å². The largest absolute Gasteiger partial charge is 0.462 e. The number of alkyl halides is 2. The van der Waals surface area contributed by atoms with Crippen LogP contribution in [0.1, 0.15) is 35.0 Å². The van der Waals surface area contributed by atoms with Crippen LogP contribution in [0, 0.1) is 10.5 Å². The summed E-state index contributed by atoms with van der Waals surface area (Å²) < 4.78 is 30.3. The van der Waals surface area contributed by atoms with Crippen molar-refractivity contribution in [2.45, 2.75) is 20.3 Å². The number of rotatable bonds is 3. The first-order valence-electron chi connectivity index (χ1n) is 4.59. The molecule has 0 unspecified atom stereocenters. The molecular formula is C10H10F2INO2. The van der Waals surface area contributed by atoms with Gasteiger partial charge < -0.3 is 4.74 Å². The van der Waals surface area contributed by atoms with E-state index in [-0.39, 0.29) is 17.9 Å². The molecule has 16 heavy (non-hydrogen) atoms. The smallest absolute Gasteiger partial charge is 0.340 e. The first-order chi connectivity index (χ1) is 7.49. The molecule has 0 spiro atoms. The number of pyridine rings is 1. The monoisotopic (exact) mass is 341 g/mol. The summed E-state index contributed by atoms with van der Waals surface area (Å²) in [4.78, 5) is 15.0. The van der Waals surface area contributed by atoms with Crippen molar-refractivity contribution in [1.82, 2.24) is 4.98 Å². The zero-order chi connectivity index (χ0) is 12.3. The molecule has 0 saturated heterocycles. The van der Waals surface area contributed by atoms with Crippen molar-refractivity contribution in [3.8, 4) is 0 Å². The number of hydrogen-bond donors (Lipinski definition) is 0. The molecule has 1 aromatic heterocycles. The van der Waals surface area contributed by atoms with Gasteiger partial charge in [0.1, 0.15) is 5.69 Å². The van der Waals surface area contributed by atoms with Crippen molar-refractivity contribution in [2.75, 3.05) is 6.61 Å². The molecular weight excluding hydrogens is 331 g/mol. The van der Waals surface area contributed by atoms with E-state index in [0.717, 1.165) is 6.20 Å². The Hall–Kier alpha value is -0.790. The third-order valence-electron chi connectivity index (χ3n) is 1.98. The van der Waals surface area contributed by atoms with Crippen LogP contribution in [0.2, 0.25) is 0 Å². The van der Waals surface area contributed by atoms with E-state index < -0.39 is 12.4 Å². The third-order valence-corrected chi connectivity index (χ3v) is 3.37. The first kappa shape index (κ1) is 13.3. The highest BCUT2D eigenvalue weighted by Gasteiger charge is 2.20. The summed E-state index contributed by atoms with van der Waals surface area (Å²) in [6.07, 6.45) is -1.50. The Morgan fingerprint density at radius 3 is 2.75 bits per heavy atom. The number of ether oxygens (including phenoxy) is 1. The molecule has 0 aromatic carbocycles. The molecule has 3 nitrogen and oxygen atoms in total. The van der Waals surface area contributed by atoms with Gasteiger partial charge in [0, 0.05) is 9.77 Å². The Bertz CT molecular complexity index is 410. The van der Waals surface area contributed by atoms with E-state index >= 15 is 0 Å². The van der Waals surface area contributed by atoms with E-state index in [1.54, 1.807) is 6.92 Å². The molecule has 0 bridgehead atoms. The Morgan fingerprint density at radius 1 is 1.62 bits per heavy atom. The van der Waals surface area contributed by atoms with E-state index in [2.05, 4.69) is 4.98 Å². The van der Waals surface area contributed by atoms with Gasteiger partial charge in [-0.25, -0.2) is 13.6 Å². The van der Waals surface area contributed by atoms with Crippen LogP contribution in [0.25, 0.3) is 0 Å². The maximum atomic E-state index is 12.5. The lowest BCUT2D eigenvalue weighted by Gasteiger charge is -2.09. The van der Waals surface area contributed by atoms with E-state index in [4.69, 9.17) is 4.74 Å². The van der Waals surface area contributed by atoms with Crippen LogP contribution in [-0.2, 0) is 4.74 Å². The quantitative estimate of drug-likeness (QED) is 0.627. The van der Waals surface area contributed by atoms with Gasteiger partial charge in [-0.05, 0) is 42.0 Å². The molecule has 0 N–H and O–H groups in total. The zero-order valence-electron chi connectivity index (χ0n) is 8.76. The average Bonchev–Trinajstić information content (AvgIpc) is 2.21. The van der Waals surface area contributed by atoms with E-state index in [1.165, 1.54) is 6.92 Å². The zero-order valence-corrected chi connectivity index (χ0v) is 10.9. The third kappa shape index (κ3) is 2.66. The SMILES string of the molecule is CCOC(=O)c1cnc(C(F)F)c(C)c1I. The van der Waals surface area contributed by atoms with Crippen LogP contribution < -0.4 is 0 Å². The molecule has 1 rings (SSSR count). The second-order valence-corrected chi connectivity index (χ2v) is 4.10. The van der Waals surface area contributed by atoms with Gasteiger partial charge in [0.2, 0.25) is 0 Å². The van der Waals surface area contributed by atoms with Gasteiger partial charge in [0.05, 0.1) is 12.2 Å². The molecule has 0 radical (unpaired) electrons. The molecule has 0 fully saturated rings. The van der Waals surface area contributed by atoms with E-state index in [0.29, 0.717) is 9.13 Å². The summed E-state index contributed by atoms with van der Waals surface area (Å²) >= 11 is 1.84. The fraction of sp³-hybridized carbons (Fsp3) is 0.400. The Balaban J connectivity index is 3.16. The van der Waals surface area contributed by atoms with Gasteiger partial charge >= 0.3 is 5.97 Å². The van der Waals surface area contributed by atoms with Gasteiger partial charge in [0.25, 0.3) is 6.43 Å². The highest BCUT2D eigenvalue weighted by atomic mass is 127. The summed E-state index contributed by atoms with van der Waals surface area (Å²) in [6, 6.07) is 0.